The highest BCUT2D eigenvalue weighted by molar-refractivity contribution is 5.90. The third-order valence-corrected chi connectivity index (χ3v) is 9.04. The van der Waals surface area contributed by atoms with E-state index in [0.717, 1.165) is 40.6 Å². The lowest BCUT2D eigenvalue weighted by Gasteiger charge is -2.12. The smallest absolute Gasteiger partial charge is 0.164 e. The second kappa shape index (κ2) is 11.3. The zero-order valence-electron chi connectivity index (χ0n) is 25.7. The molecule has 8 aromatic rings. The molecule has 0 aliphatic heterocycles. The van der Waals surface area contributed by atoms with Gasteiger partial charge in [0.05, 0.1) is 5.52 Å². The Labute approximate surface area is 272 Å². The first-order valence-electron chi connectivity index (χ1n) is 16.1. The van der Waals surface area contributed by atoms with E-state index in [1.54, 1.807) is 0 Å². The van der Waals surface area contributed by atoms with E-state index in [2.05, 4.69) is 138 Å². The highest BCUT2D eigenvalue weighted by Gasteiger charge is 2.15. The molecular weight excluding hydrogens is 573 g/mol. The number of hydrogen-bond donors (Lipinski definition) is 0. The van der Waals surface area contributed by atoms with Crippen molar-refractivity contribution in [2.24, 2.45) is 0 Å². The Bertz CT molecular complexity index is 2570. The molecule has 0 fully saturated rings. The van der Waals surface area contributed by atoms with Crippen LogP contribution in [-0.4, -0.2) is 19.5 Å². The largest absolute Gasteiger partial charge is 0.310 e. The van der Waals surface area contributed by atoms with Crippen LogP contribution >= 0.6 is 0 Å². The number of fused-ring (bicyclic) bond motifs is 4. The van der Waals surface area contributed by atoms with Crippen LogP contribution in [0.15, 0.2) is 146 Å². The molecule has 0 amide bonds. The molecular formula is C43H30N4. The van der Waals surface area contributed by atoms with E-state index in [-0.39, 0.29) is 0 Å². The molecule has 222 valence electrons. The van der Waals surface area contributed by atoms with Crippen molar-refractivity contribution in [1.82, 2.24) is 19.5 Å². The fourth-order valence-corrected chi connectivity index (χ4v) is 6.76. The van der Waals surface area contributed by atoms with E-state index in [1.807, 2.05) is 24.3 Å². The van der Waals surface area contributed by atoms with Gasteiger partial charge in [0.2, 0.25) is 0 Å². The van der Waals surface area contributed by atoms with E-state index < -0.39 is 0 Å². The van der Waals surface area contributed by atoms with Crippen LogP contribution in [0.4, 0.5) is 0 Å². The highest BCUT2D eigenvalue weighted by atomic mass is 15.0. The minimum atomic E-state index is 0.649. The van der Waals surface area contributed by atoms with Gasteiger partial charge >= 0.3 is 0 Å². The quantitative estimate of drug-likeness (QED) is 0.198. The summed E-state index contributed by atoms with van der Waals surface area (Å²) in [6.07, 6.45) is 6.84. The van der Waals surface area contributed by atoms with E-state index >= 15 is 0 Å². The minimum Gasteiger partial charge on any atom is -0.310 e. The molecule has 9 rings (SSSR count). The Morgan fingerprint density at radius 3 is 1.77 bits per heavy atom. The van der Waals surface area contributed by atoms with Crippen LogP contribution in [0.3, 0.4) is 0 Å². The molecule has 0 saturated carbocycles. The SMILES string of the molecule is C1=c2c(n(-c3cccc(-c4nc(-c5ccccc5)nc(-c5ccc6cc(-c7ccccc7)ccc6c5)n4)c3)c3ccccc23)=CCC1. The zero-order chi connectivity index (χ0) is 31.2. The van der Waals surface area contributed by atoms with Crippen molar-refractivity contribution in [2.45, 2.75) is 12.8 Å². The Hall–Kier alpha value is -6.13. The Kier molecular flexibility index (Phi) is 6.57. The van der Waals surface area contributed by atoms with Crippen molar-refractivity contribution in [3.63, 3.8) is 0 Å². The van der Waals surface area contributed by atoms with E-state index in [0.29, 0.717) is 17.5 Å². The summed E-state index contributed by atoms with van der Waals surface area (Å²) in [5.74, 6) is 1.96. The van der Waals surface area contributed by atoms with Gasteiger partial charge in [0.1, 0.15) is 0 Å². The van der Waals surface area contributed by atoms with Crippen molar-refractivity contribution in [2.75, 3.05) is 0 Å². The van der Waals surface area contributed by atoms with Gasteiger partial charge < -0.3 is 4.57 Å². The lowest BCUT2D eigenvalue weighted by molar-refractivity contribution is 1.02. The summed E-state index contributed by atoms with van der Waals surface area (Å²) in [5, 5.41) is 6.17. The molecule has 0 atom stereocenters. The molecule has 4 nitrogen and oxygen atoms in total. The second-order valence-corrected chi connectivity index (χ2v) is 12.0. The van der Waals surface area contributed by atoms with Crippen molar-refractivity contribution in [3.8, 4) is 51.0 Å². The van der Waals surface area contributed by atoms with Gasteiger partial charge in [-0.05, 0) is 65.1 Å². The molecule has 1 aliphatic rings. The second-order valence-electron chi connectivity index (χ2n) is 12.0. The summed E-state index contributed by atoms with van der Waals surface area (Å²) < 4.78 is 2.37. The first kappa shape index (κ1) is 27.2. The fraction of sp³-hybridized carbons (Fsp3) is 0.0465. The number of nitrogens with zero attached hydrogens (tertiary/aromatic N) is 4. The Morgan fingerprint density at radius 2 is 1.00 bits per heavy atom. The summed E-state index contributed by atoms with van der Waals surface area (Å²) >= 11 is 0. The van der Waals surface area contributed by atoms with Gasteiger partial charge in [0.15, 0.2) is 17.5 Å². The summed E-state index contributed by atoms with van der Waals surface area (Å²) in [7, 11) is 0. The third kappa shape index (κ3) is 4.91. The maximum absolute atomic E-state index is 5.10. The standard InChI is InChI=1S/C43H30N4/c1-3-12-29(13-4-1)31-22-23-33-27-35(25-24-32(33)26-31)43-45-41(30-14-5-2-6-15-30)44-42(46-43)34-16-11-17-36(28-34)47-39-20-9-7-18-37(39)38-19-8-10-21-40(38)47/h1-7,9,11-28H,8,10H2. The average Bonchev–Trinajstić information content (AvgIpc) is 3.49. The molecule has 2 heterocycles. The van der Waals surface area contributed by atoms with E-state index in [1.165, 1.54) is 38.0 Å². The topological polar surface area (TPSA) is 43.6 Å². The van der Waals surface area contributed by atoms with Crippen LogP contribution in [0.5, 0.6) is 0 Å². The van der Waals surface area contributed by atoms with Gasteiger partial charge in [-0.2, -0.15) is 0 Å². The molecule has 47 heavy (non-hydrogen) atoms. The maximum atomic E-state index is 5.10. The molecule has 6 aromatic carbocycles. The van der Waals surface area contributed by atoms with Gasteiger partial charge in [-0.15, -0.1) is 0 Å². The molecule has 0 spiro atoms. The summed E-state index contributed by atoms with van der Waals surface area (Å²) in [6.45, 7) is 0. The molecule has 0 unspecified atom stereocenters. The number of hydrogen-bond acceptors (Lipinski definition) is 3. The third-order valence-electron chi connectivity index (χ3n) is 9.04. The molecule has 1 aliphatic carbocycles. The average molecular weight is 603 g/mol. The predicted molar refractivity (Wildman–Crippen MR) is 193 cm³/mol. The van der Waals surface area contributed by atoms with Gasteiger partial charge in [-0.25, -0.2) is 15.0 Å². The fourth-order valence-electron chi connectivity index (χ4n) is 6.76. The maximum Gasteiger partial charge on any atom is 0.164 e. The summed E-state index contributed by atoms with van der Waals surface area (Å²) in [4.78, 5) is 15.1. The molecule has 0 N–H and O–H groups in total. The van der Waals surface area contributed by atoms with Crippen LogP contribution in [0.25, 0.3) is 84.8 Å². The van der Waals surface area contributed by atoms with Gasteiger partial charge in [-0.1, -0.05) is 127 Å². The normalized spacial score (nSPS) is 12.4. The van der Waals surface area contributed by atoms with Crippen molar-refractivity contribution in [1.29, 1.82) is 0 Å². The first-order chi connectivity index (χ1) is 23.3. The zero-order valence-corrected chi connectivity index (χ0v) is 25.7. The predicted octanol–water partition coefficient (Wildman–Crippen LogP) is 8.99. The van der Waals surface area contributed by atoms with E-state index in [9.17, 15) is 0 Å². The lowest BCUT2D eigenvalue weighted by Crippen LogP contribution is -2.30. The van der Waals surface area contributed by atoms with Crippen LogP contribution in [0.1, 0.15) is 12.8 Å². The highest BCUT2D eigenvalue weighted by Crippen LogP contribution is 2.30. The minimum absolute atomic E-state index is 0.649. The number of aromatic nitrogens is 4. The Balaban J connectivity index is 1.19. The lowest BCUT2D eigenvalue weighted by atomic mass is 10.00. The first-order valence-corrected chi connectivity index (χ1v) is 16.1. The van der Waals surface area contributed by atoms with Gasteiger partial charge in [0.25, 0.3) is 0 Å². The number of rotatable bonds is 5. The van der Waals surface area contributed by atoms with Crippen LogP contribution in [0, 0.1) is 0 Å². The monoisotopic (exact) mass is 602 g/mol. The van der Waals surface area contributed by atoms with Crippen molar-refractivity contribution >= 4 is 33.8 Å². The summed E-state index contributed by atoms with van der Waals surface area (Å²) in [5.41, 5.74) is 7.57. The van der Waals surface area contributed by atoms with Crippen LogP contribution in [-0.2, 0) is 0 Å². The number of para-hydroxylation sites is 1. The Morgan fingerprint density at radius 1 is 0.426 bits per heavy atom. The van der Waals surface area contributed by atoms with E-state index in [4.69, 9.17) is 15.0 Å². The molecule has 0 radical (unpaired) electrons. The summed E-state index contributed by atoms with van der Waals surface area (Å²) in [6, 6.07) is 51.0. The van der Waals surface area contributed by atoms with Crippen LogP contribution < -0.4 is 10.6 Å². The number of benzene rings is 6. The molecule has 2 aromatic heterocycles. The molecule has 4 heteroatoms. The molecule has 0 saturated heterocycles. The van der Waals surface area contributed by atoms with Gasteiger partial charge in [0, 0.05) is 38.3 Å². The van der Waals surface area contributed by atoms with Crippen molar-refractivity contribution in [3.05, 3.63) is 156 Å². The van der Waals surface area contributed by atoms with Crippen molar-refractivity contribution < 1.29 is 0 Å². The van der Waals surface area contributed by atoms with Crippen LogP contribution in [0.2, 0.25) is 0 Å². The van der Waals surface area contributed by atoms with Gasteiger partial charge in [-0.3, -0.25) is 0 Å². The molecule has 0 bridgehead atoms.